The summed E-state index contributed by atoms with van der Waals surface area (Å²) in [4.78, 5) is 23.6. The van der Waals surface area contributed by atoms with Crippen LogP contribution in [0.15, 0.2) is 29.4 Å². The van der Waals surface area contributed by atoms with E-state index >= 15 is 0 Å². The van der Waals surface area contributed by atoms with E-state index in [4.69, 9.17) is 4.74 Å². The Balaban J connectivity index is 1.79. The number of para-hydroxylation sites is 1. The minimum atomic E-state index is -0.223. The molecule has 2 heterocycles. The summed E-state index contributed by atoms with van der Waals surface area (Å²) in [5.74, 6) is 0.932. The molecule has 1 amide bonds. The second kappa shape index (κ2) is 7.81. The molecule has 1 aromatic heterocycles. The number of hydrogen-bond donors (Lipinski definition) is 1. The molecule has 0 spiro atoms. The number of fused-ring (bicyclic) bond motifs is 1. The maximum atomic E-state index is 12.6. The van der Waals surface area contributed by atoms with E-state index in [1.165, 1.54) is 11.8 Å². The molecule has 1 fully saturated rings. The van der Waals surface area contributed by atoms with Crippen LogP contribution in [0.25, 0.3) is 10.9 Å². The number of carbonyl (C=O) groups excluding carboxylic acids is 1. The number of thioether (sulfide) groups is 1. The van der Waals surface area contributed by atoms with Crippen molar-refractivity contribution in [3.63, 3.8) is 0 Å². The van der Waals surface area contributed by atoms with Crippen molar-refractivity contribution < 1.29 is 9.53 Å². The summed E-state index contributed by atoms with van der Waals surface area (Å²) >= 11 is 1.41. The lowest BCUT2D eigenvalue weighted by Gasteiger charge is -2.28. The molecule has 0 unspecified atom stereocenters. The van der Waals surface area contributed by atoms with Crippen LogP contribution in [0.1, 0.15) is 13.8 Å². The average molecular weight is 346 g/mol. The van der Waals surface area contributed by atoms with Gasteiger partial charge in [0.15, 0.2) is 5.16 Å². The summed E-state index contributed by atoms with van der Waals surface area (Å²) in [6.07, 6.45) is 0. The maximum absolute atomic E-state index is 12.6. The third-order valence-corrected chi connectivity index (χ3v) is 4.83. The Hall–Kier alpha value is -1.86. The van der Waals surface area contributed by atoms with E-state index in [1.807, 2.05) is 43.0 Å². The predicted molar refractivity (Wildman–Crippen MR) is 96.4 cm³/mol. The van der Waals surface area contributed by atoms with Crippen molar-refractivity contribution in [3.8, 4) is 0 Å². The van der Waals surface area contributed by atoms with Gasteiger partial charge in [0.1, 0.15) is 5.82 Å². The van der Waals surface area contributed by atoms with Crippen LogP contribution >= 0.6 is 11.8 Å². The Bertz CT molecular complexity index is 719. The smallest absolute Gasteiger partial charge is 0.236 e. The fraction of sp³-hybridized carbons (Fsp3) is 0.471. The van der Waals surface area contributed by atoms with Crippen molar-refractivity contribution in [2.24, 2.45) is 0 Å². The summed E-state index contributed by atoms with van der Waals surface area (Å²) < 4.78 is 5.31. The number of anilines is 1. The third kappa shape index (κ3) is 3.79. The minimum absolute atomic E-state index is 0.116. The van der Waals surface area contributed by atoms with Gasteiger partial charge in [-0.1, -0.05) is 23.9 Å². The molecule has 0 saturated carbocycles. The summed E-state index contributed by atoms with van der Waals surface area (Å²) in [6, 6.07) is 7.91. The molecule has 1 aromatic carbocycles. The SMILES string of the molecule is CCNc1nc(S[C@@H](C)C(=O)N2CCOCC2)nc2ccccc12. The molecule has 1 aliphatic heterocycles. The predicted octanol–water partition coefficient (Wildman–Crippen LogP) is 2.40. The zero-order chi connectivity index (χ0) is 16.9. The number of rotatable bonds is 5. The second-order valence-electron chi connectivity index (χ2n) is 5.60. The molecular formula is C17H22N4O2S. The number of nitrogens with zero attached hydrogens (tertiary/aromatic N) is 3. The number of amides is 1. The van der Waals surface area contributed by atoms with E-state index in [2.05, 4.69) is 15.3 Å². The fourth-order valence-electron chi connectivity index (χ4n) is 2.66. The maximum Gasteiger partial charge on any atom is 0.236 e. The van der Waals surface area contributed by atoms with E-state index < -0.39 is 0 Å². The van der Waals surface area contributed by atoms with Gasteiger partial charge in [-0.15, -0.1) is 0 Å². The Morgan fingerprint density at radius 1 is 1.33 bits per heavy atom. The number of ether oxygens (including phenoxy) is 1. The van der Waals surface area contributed by atoms with Crippen molar-refractivity contribution in [1.82, 2.24) is 14.9 Å². The highest BCUT2D eigenvalue weighted by atomic mass is 32.2. The van der Waals surface area contributed by atoms with Crippen molar-refractivity contribution in [1.29, 1.82) is 0 Å². The summed E-state index contributed by atoms with van der Waals surface area (Å²) in [5.41, 5.74) is 0.886. The molecular weight excluding hydrogens is 324 g/mol. The molecule has 7 heteroatoms. The van der Waals surface area contributed by atoms with Gasteiger partial charge < -0.3 is 15.0 Å². The first-order valence-corrected chi connectivity index (χ1v) is 9.11. The molecule has 128 valence electrons. The Labute approximate surface area is 146 Å². The van der Waals surface area contributed by atoms with Crippen LogP contribution in [0.4, 0.5) is 5.82 Å². The summed E-state index contributed by atoms with van der Waals surface area (Å²) in [7, 11) is 0. The lowest BCUT2D eigenvalue weighted by atomic mass is 10.2. The summed E-state index contributed by atoms with van der Waals surface area (Å²) in [6.45, 7) is 7.27. The first-order valence-electron chi connectivity index (χ1n) is 8.23. The zero-order valence-electron chi connectivity index (χ0n) is 14.0. The number of hydrogen-bond acceptors (Lipinski definition) is 6. The number of nitrogens with one attached hydrogen (secondary N) is 1. The lowest BCUT2D eigenvalue weighted by molar-refractivity contribution is -0.134. The highest BCUT2D eigenvalue weighted by molar-refractivity contribution is 8.00. The van der Waals surface area contributed by atoms with Crippen molar-refractivity contribution >= 4 is 34.4 Å². The number of benzene rings is 1. The third-order valence-electron chi connectivity index (χ3n) is 3.88. The lowest BCUT2D eigenvalue weighted by Crippen LogP contribution is -2.44. The molecule has 0 bridgehead atoms. The van der Waals surface area contributed by atoms with Gasteiger partial charge in [-0.2, -0.15) is 0 Å². The van der Waals surface area contributed by atoms with Gasteiger partial charge in [0.05, 0.1) is 24.0 Å². The van der Waals surface area contributed by atoms with E-state index in [0.717, 1.165) is 23.3 Å². The van der Waals surface area contributed by atoms with Crippen LogP contribution < -0.4 is 5.32 Å². The normalized spacial score (nSPS) is 16.2. The van der Waals surface area contributed by atoms with Crippen LogP contribution in [0, 0.1) is 0 Å². The molecule has 1 N–H and O–H groups in total. The number of morpholine rings is 1. The van der Waals surface area contributed by atoms with E-state index in [0.29, 0.717) is 31.5 Å². The Morgan fingerprint density at radius 3 is 2.83 bits per heavy atom. The average Bonchev–Trinajstić information content (AvgIpc) is 2.62. The Morgan fingerprint density at radius 2 is 2.08 bits per heavy atom. The zero-order valence-corrected chi connectivity index (χ0v) is 14.8. The van der Waals surface area contributed by atoms with Crippen LogP contribution in [-0.2, 0) is 9.53 Å². The van der Waals surface area contributed by atoms with Crippen LogP contribution in [0.3, 0.4) is 0 Å². The van der Waals surface area contributed by atoms with Gasteiger partial charge >= 0.3 is 0 Å². The molecule has 3 rings (SSSR count). The molecule has 1 atom stereocenters. The first kappa shape index (κ1) is 17.0. The molecule has 6 nitrogen and oxygen atoms in total. The standard InChI is InChI=1S/C17H22N4O2S/c1-3-18-15-13-6-4-5-7-14(13)19-17(20-15)24-12(2)16(22)21-8-10-23-11-9-21/h4-7,12H,3,8-11H2,1-2H3,(H,18,19,20)/t12-/m0/s1. The largest absolute Gasteiger partial charge is 0.378 e. The van der Waals surface area contributed by atoms with Crippen LogP contribution in [0.2, 0.25) is 0 Å². The molecule has 1 aliphatic rings. The van der Waals surface area contributed by atoms with Crippen molar-refractivity contribution in [2.45, 2.75) is 24.3 Å². The van der Waals surface area contributed by atoms with Gasteiger partial charge in [-0.25, -0.2) is 9.97 Å². The summed E-state index contributed by atoms with van der Waals surface area (Å²) in [5, 5.41) is 4.68. The van der Waals surface area contributed by atoms with Crippen molar-refractivity contribution in [2.75, 3.05) is 38.2 Å². The van der Waals surface area contributed by atoms with Gasteiger partial charge in [-0.3, -0.25) is 4.79 Å². The van der Waals surface area contributed by atoms with Gasteiger partial charge in [-0.05, 0) is 26.0 Å². The fourth-order valence-corrected chi connectivity index (χ4v) is 3.52. The second-order valence-corrected chi connectivity index (χ2v) is 6.91. The molecule has 24 heavy (non-hydrogen) atoms. The molecule has 0 radical (unpaired) electrons. The number of carbonyl (C=O) groups is 1. The minimum Gasteiger partial charge on any atom is -0.378 e. The molecule has 1 saturated heterocycles. The number of aromatic nitrogens is 2. The van der Waals surface area contributed by atoms with Gasteiger partial charge in [0.25, 0.3) is 0 Å². The molecule has 0 aliphatic carbocycles. The van der Waals surface area contributed by atoms with E-state index in [-0.39, 0.29) is 11.2 Å². The first-order chi connectivity index (χ1) is 11.7. The highest BCUT2D eigenvalue weighted by Gasteiger charge is 2.24. The van der Waals surface area contributed by atoms with E-state index in [9.17, 15) is 4.79 Å². The van der Waals surface area contributed by atoms with Crippen LogP contribution in [0.5, 0.6) is 0 Å². The van der Waals surface area contributed by atoms with Crippen LogP contribution in [-0.4, -0.2) is 58.9 Å². The quantitative estimate of drug-likeness (QED) is 0.662. The topological polar surface area (TPSA) is 67.4 Å². The van der Waals surface area contributed by atoms with Gasteiger partial charge in [0.2, 0.25) is 5.91 Å². The van der Waals surface area contributed by atoms with Crippen molar-refractivity contribution in [3.05, 3.63) is 24.3 Å². The highest BCUT2D eigenvalue weighted by Crippen LogP contribution is 2.27. The van der Waals surface area contributed by atoms with Gasteiger partial charge in [0, 0.05) is 25.0 Å². The molecule has 2 aromatic rings. The van der Waals surface area contributed by atoms with E-state index in [1.54, 1.807) is 0 Å². The Kier molecular flexibility index (Phi) is 5.52. The monoisotopic (exact) mass is 346 g/mol.